The highest BCUT2D eigenvalue weighted by Crippen LogP contribution is 2.40. The Balaban J connectivity index is 1.92. The molecule has 0 aromatic heterocycles. The summed E-state index contributed by atoms with van der Waals surface area (Å²) in [6.45, 7) is 2.71. The van der Waals surface area contributed by atoms with E-state index in [1.54, 1.807) is 0 Å². The van der Waals surface area contributed by atoms with Gasteiger partial charge in [-0.2, -0.15) is 0 Å². The van der Waals surface area contributed by atoms with Crippen LogP contribution in [0.15, 0.2) is 46.9 Å². The van der Waals surface area contributed by atoms with Crippen molar-refractivity contribution in [2.45, 2.75) is 13.0 Å². The van der Waals surface area contributed by atoms with Crippen molar-refractivity contribution in [2.24, 2.45) is 0 Å². The fourth-order valence-corrected chi connectivity index (χ4v) is 2.80. The standard InChI is InChI=1S/C16H15BrN2O2/c1-2-18-15-11-8-12(17)14(9-13(11)19-16(15)20)21-10-6-4-3-5-7-10/h3-9,15,18H,2H2,1H3,(H,19,20). The lowest BCUT2D eigenvalue weighted by atomic mass is 10.1. The lowest BCUT2D eigenvalue weighted by Crippen LogP contribution is -2.27. The third kappa shape index (κ3) is 2.80. The molecule has 0 saturated carbocycles. The smallest absolute Gasteiger partial charge is 0.246 e. The van der Waals surface area contributed by atoms with Gasteiger partial charge in [0.2, 0.25) is 5.91 Å². The zero-order chi connectivity index (χ0) is 14.8. The predicted octanol–water partition coefficient (Wildman–Crippen LogP) is 3.84. The van der Waals surface area contributed by atoms with E-state index < -0.39 is 0 Å². The van der Waals surface area contributed by atoms with Crippen molar-refractivity contribution >= 4 is 27.5 Å². The molecule has 0 saturated heterocycles. The van der Waals surface area contributed by atoms with E-state index in [0.29, 0.717) is 5.75 Å². The average molecular weight is 347 g/mol. The minimum Gasteiger partial charge on any atom is -0.456 e. The maximum Gasteiger partial charge on any atom is 0.246 e. The van der Waals surface area contributed by atoms with Gasteiger partial charge in [-0.25, -0.2) is 0 Å². The van der Waals surface area contributed by atoms with E-state index in [9.17, 15) is 4.79 Å². The van der Waals surface area contributed by atoms with Crippen LogP contribution in [0.25, 0.3) is 0 Å². The molecule has 0 fully saturated rings. The number of halogens is 1. The first-order valence-corrected chi connectivity index (χ1v) is 7.59. The van der Waals surface area contributed by atoms with E-state index in [2.05, 4.69) is 26.6 Å². The zero-order valence-corrected chi connectivity index (χ0v) is 13.1. The van der Waals surface area contributed by atoms with Crippen LogP contribution in [0.3, 0.4) is 0 Å². The quantitative estimate of drug-likeness (QED) is 0.884. The molecule has 0 bridgehead atoms. The van der Waals surface area contributed by atoms with Crippen LogP contribution in [0.4, 0.5) is 5.69 Å². The number of amides is 1. The Kier molecular flexibility index (Phi) is 3.94. The van der Waals surface area contributed by atoms with Gasteiger partial charge in [0.15, 0.2) is 0 Å². The molecule has 1 unspecified atom stereocenters. The number of carbonyl (C=O) groups excluding carboxylic acids is 1. The third-order valence-corrected chi connectivity index (χ3v) is 3.93. The molecule has 0 spiro atoms. The second-order valence-electron chi connectivity index (χ2n) is 4.76. The molecule has 2 aromatic carbocycles. The fourth-order valence-electron chi connectivity index (χ4n) is 2.36. The number of para-hydroxylation sites is 1. The minimum atomic E-state index is -0.299. The highest BCUT2D eigenvalue weighted by atomic mass is 79.9. The first kappa shape index (κ1) is 14.1. The van der Waals surface area contributed by atoms with Crippen molar-refractivity contribution in [1.29, 1.82) is 0 Å². The molecule has 0 aliphatic carbocycles. The molecule has 0 radical (unpaired) electrons. The lowest BCUT2D eigenvalue weighted by Gasteiger charge is -2.12. The van der Waals surface area contributed by atoms with E-state index in [1.165, 1.54) is 0 Å². The maximum atomic E-state index is 12.0. The Morgan fingerprint density at radius 2 is 2.05 bits per heavy atom. The van der Waals surface area contributed by atoms with Gasteiger partial charge in [0.05, 0.1) is 4.47 Å². The Morgan fingerprint density at radius 1 is 1.29 bits per heavy atom. The summed E-state index contributed by atoms with van der Waals surface area (Å²) in [5.74, 6) is 1.40. The molecule has 2 N–H and O–H groups in total. The van der Waals surface area contributed by atoms with Gasteiger partial charge in [0, 0.05) is 17.3 Å². The average Bonchev–Trinajstić information content (AvgIpc) is 2.77. The summed E-state index contributed by atoms with van der Waals surface area (Å²) in [5.41, 5.74) is 1.73. The van der Waals surface area contributed by atoms with Gasteiger partial charge in [-0.3, -0.25) is 4.79 Å². The van der Waals surface area contributed by atoms with Crippen molar-refractivity contribution < 1.29 is 9.53 Å². The van der Waals surface area contributed by atoms with Crippen LogP contribution in [-0.4, -0.2) is 12.5 Å². The maximum absolute atomic E-state index is 12.0. The number of rotatable bonds is 4. The lowest BCUT2D eigenvalue weighted by molar-refractivity contribution is -0.117. The predicted molar refractivity (Wildman–Crippen MR) is 85.7 cm³/mol. The number of hydrogen-bond acceptors (Lipinski definition) is 3. The molecule has 5 heteroatoms. The molecule has 1 atom stereocenters. The molecule has 3 rings (SSSR count). The van der Waals surface area contributed by atoms with Crippen LogP contribution in [-0.2, 0) is 4.79 Å². The van der Waals surface area contributed by atoms with Gasteiger partial charge in [-0.15, -0.1) is 0 Å². The van der Waals surface area contributed by atoms with Crippen molar-refractivity contribution in [3.63, 3.8) is 0 Å². The van der Waals surface area contributed by atoms with E-state index in [0.717, 1.165) is 28.0 Å². The number of hydrogen-bond donors (Lipinski definition) is 2. The molecule has 1 aliphatic rings. The van der Waals surface area contributed by atoms with Crippen molar-refractivity contribution in [2.75, 3.05) is 11.9 Å². The second kappa shape index (κ2) is 5.87. The molecule has 1 amide bonds. The Bertz CT molecular complexity index is 673. The van der Waals surface area contributed by atoms with E-state index in [-0.39, 0.29) is 11.9 Å². The van der Waals surface area contributed by atoms with Gasteiger partial charge in [0.1, 0.15) is 17.5 Å². The monoisotopic (exact) mass is 346 g/mol. The number of ether oxygens (including phenoxy) is 1. The van der Waals surface area contributed by atoms with Gasteiger partial charge in [-0.05, 0) is 40.7 Å². The van der Waals surface area contributed by atoms with Crippen LogP contribution in [0.5, 0.6) is 11.5 Å². The minimum absolute atomic E-state index is 0.0318. The summed E-state index contributed by atoms with van der Waals surface area (Å²) in [6.07, 6.45) is 0. The van der Waals surface area contributed by atoms with Crippen molar-refractivity contribution in [3.8, 4) is 11.5 Å². The number of fused-ring (bicyclic) bond motifs is 1. The SMILES string of the molecule is CCNC1C(=O)Nc2cc(Oc3ccccc3)c(Br)cc21. The zero-order valence-electron chi connectivity index (χ0n) is 11.5. The van der Waals surface area contributed by atoms with Crippen LogP contribution in [0, 0.1) is 0 Å². The fraction of sp³-hybridized carbons (Fsp3) is 0.188. The van der Waals surface area contributed by atoms with Gasteiger partial charge < -0.3 is 15.4 Å². The molecule has 108 valence electrons. The number of anilines is 1. The molecular weight excluding hydrogens is 332 g/mol. The third-order valence-electron chi connectivity index (χ3n) is 3.31. The number of nitrogens with one attached hydrogen (secondary N) is 2. The normalized spacial score (nSPS) is 16.5. The largest absolute Gasteiger partial charge is 0.456 e. The topological polar surface area (TPSA) is 50.4 Å². The summed E-state index contributed by atoms with van der Waals surface area (Å²) in [5, 5.41) is 6.06. The summed E-state index contributed by atoms with van der Waals surface area (Å²) in [6, 6.07) is 13.0. The highest BCUT2D eigenvalue weighted by molar-refractivity contribution is 9.10. The Hall–Kier alpha value is -1.85. The van der Waals surface area contributed by atoms with Crippen LogP contribution in [0.1, 0.15) is 18.5 Å². The van der Waals surface area contributed by atoms with Crippen LogP contribution < -0.4 is 15.4 Å². The van der Waals surface area contributed by atoms with Crippen LogP contribution in [0.2, 0.25) is 0 Å². The van der Waals surface area contributed by atoms with Gasteiger partial charge in [0.25, 0.3) is 0 Å². The van der Waals surface area contributed by atoms with Crippen molar-refractivity contribution in [1.82, 2.24) is 5.32 Å². The molecule has 1 heterocycles. The molecule has 4 nitrogen and oxygen atoms in total. The van der Waals surface area contributed by atoms with E-state index in [4.69, 9.17) is 4.74 Å². The highest BCUT2D eigenvalue weighted by Gasteiger charge is 2.30. The molecule has 1 aliphatic heterocycles. The van der Waals surface area contributed by atoms with Gasteiger partial charge >= 0.3 is 0 Å². The summed E-state index contributed by atoms with van der Waals surface area (Å²) in [7, 11) is 0. The molecule has 21 heavy (non-hydrogen) atoms. The summed E-state index contributed by atoms with van der Waals surface area (Å²) >= 11 is 3.51. The van der Waals surface area contributed by atoms with Crippen molar-refractivity contribution in [3.05, 3.63) is 52.5 Å². The number of benzene rings is 2. The Morgan fingerprint density at radius 3 is 2.76 bits per heavy atom. The molecular formula is C16H15BrN2O2. The van der Waals surface area contributed by atoms with Gasteiger partial charge in [-0.1, -0.05) is 25.1 Å². The Labute approximate surface area is 131 Å². The first-order valence-electron chi connectivity index (χ1n) is 6.79. The number of carbonyl (C=O) groups is 1. The second-order valence-corrected chi connectivity index (χ2v) is 5.62. The summed E-state index contributed by atoms with van der Waals surface area (Å²) in [4.78, 5) is 12.0. The van der Waals surface area contributed by atoms with E-state index in [1.807, 2.05) is 49.4 Å². The molecule has 2 aromatic rings. The van der Waals surface area contributed by atoms with Crippen LogP contribution >= 0.6 is 15.9 Å². The summed E-state index contributed by atoms with van der Waals surface area (Å²) < 4.78 is 6.67. The van der Waals surface area contributed by atoms with E-state index >= 15 is 0 Å². The number of likely N-dealkylation sites (N-methyl/N-ethyl adjacent to an activating group) is 1. The first-order chi connectivity index (χ1) is 10.2.